The Morgan fingerprint density at radius 3 is 2.05 bits per heavy atom. The van der Waals surface area contributed by atoms with Crippen LogP contribution >= 0.6 is 0 Å². The molecule has 0 amide bonds. The molecule has 0 aliphatic rings. The van der Waals surface area contributed by atoms with Crippen LogP contribution < -0.4 is 0 Å². The van der Waals surface area contributed by atoms with Crippen LogP contribution in [0.15, 0.2) is 0 Å². The number of carboxylic acid groups (broad SMARTS) is 1. The minimum absolute atomic E-state index is 0.0402. The van der Waals surface area contributed by atoms with Gasteiger partial charge in [0.1, 0.15) is 0 Å². The van der Waals surface area contributed by atoms with E-state index >= 15 is 0 Å². The molecule has 0 saturated carbocycles. The predicted octanol–water partition coefficient (Wildman–Crippen LogP) is 4.31. The molecule has 0 saturated heterocycles. The Hall–Kier alpha value is -1.06. The predicted molar refractivity (Wildman–Crippen MR) is 79.7 cm³/mol. The van der Waals surface area contributed by atoms with Crippen LogP contribution in [0.25, 0.3) is 0 Å². The molecule has 0 aliphatic heterocycles. The zero-order chi connectivity index (χ0) is 15.2. The lowest BCUT2D eigenvalue weighted by Gasteiger charge is -2.12. The highest BCUT2D eigenvalue weighted by Gasteiger charge is 2.08. The SMILES string of the molecule is CCCCC(C)OC(=O)CCCCCCCCC(=O)O. The zero-order valence-electron chi connectivity index (χ0n) is 13.0. The fourth-order valence-corrected chi connectivity index (χ4v) is 2.09. The lowest BCUT2D eigenvalue weighted by molar-refractivity contribution is -0.148. The first kappa shape index (κ1) is 18.9. The molecule has 1 atom stereocenters. The van der Waals surface area contributed by atoms with Crippen LogP contribution in [0, 0.1) is 0 Å². The maximum Gasteiger partial charge on any atom is 0.306 e. The zero-order valence-corrected chi connectivity index (χ0v) is 13.0. The summed E-state index contributed by atoms with van der Waals surface area (Å²) in [6, 6.07) is 0. The molecule has 20 heavy (non-hydrogen) atoms. The minimum atomic E-state index is -0.718. The minimum Gasteiger partial charge on any atom is -0.481 e. The average Bonchev–Trinajstić information content (AvgIpc) is 2.39. The second kappa shape index (κ2) is 12.9. The number of carbonyl (C=O) groups is 2. The summed E-state index contributed by atoms with van der Waals surface area (Å²) in [4.78, 5) is 21.9. The van der Waals surface area contributed by atoms with Crippen molar-refractivity contribution < 1.29 is 19.4 Å². The summed E-state index contributed by atoms with van der Waals surface area (Å²) in [5.41, 5.74) is 0. The van der Waals surface area contributed by atoms with Gasteiger partial charge in [-0.05, 0) is 26.2 Å². The molecule has 0 fully saturated rings. The van der Waals surface area contributed by atoms with Crippen LogP contribution in [0.2, 0.25) is 0 Å². The summed E-state index contributed by atoms with van der Waals surface area (Å²) in [5.74, 6) is -0.801. The van der Waals surface area contributed by atoms with Gasteiger partial charge in [0.25, 0.3) is 0 Å². The molecule has 0 aromatic carbocycles. The molecule has 1 N–H and O–H groups in total. The smallest absolute Gasteiger partial charge is 0.306 e. The van der Waals surface area contributed by atoms with E-state index in [4.69, 9.17) is 9.84 Å². The third-order valence-electron chi connectivity index (χ3n) is 3.32. The van der Waals surface area contributed by atoms with Gasteiger partial charge in [-0.15, -0.1) is 0 Å². The second-order valence-electron chi connectivity index (χ2n) is 5.46. The van der Waals surface area contributed by atoms with E-state index in [0.717, 1.165) is 57.8 Å². The molecular weight excluding hydrogens is 256 g/mol. The summed E-state index contributed by atoms with van der Waals surface area (Å²) in [5, 5.41) is 8.49. The average molecular weight is 286 g/mol. The summed E-state index contributed by atoms with van der Waals surface area (Å²) in [6.45, 7) is 4.08. The van der Waals surface area contributed by atoms with Gasteiger partial charge in [0, 0.05) is 12.8 Å². The van der Waals surface area contributed by atoms with Crippen LogP contribution in [-0.2, 0) is 14.3 Å². The van der Waals surface area contributed by atoms with Crippen molar-refractivity contribution in [3.8, 4) is 0 Å². The molecule has 118 valence electrons. The highest BCUT2D eigenvalue weighted by atomic mass is 16.5. The van der Waals surface area contributed by atoms with Crippen LogP contribution in [0.5, 0.6) is 0 Å². The van der Waals surface area contributed by atoms with Crippen LogP contribution in [0.1, 0.15) is 84.5 Å². The molecule has 0 bridgehead atoms. The highest BCUT2D eigenvalue weighted by Crippen LogP contribution is 2.10. The van der Waals surface area contributed by atoms with Gasteiger partial charge in [-0.25, -0.2) is 0 Å². The van der Waals surface area contributed by atoms with Crippen molar-refractivity contribution in [3.05, 3.63) is 0 Å². The summed E-state index contributed by atoms with van der Waals surface area (Å²) in [7, 11) is 0. The molecule has 0 spiro atoms. The summed E-state index contributed by atoms with van der Waals surface area (Å²) >= 11 is 0. The number of hydrogen-bond acceptors (Lipinski definition) is 3. The van der Waals surface area contributed by atoms with Gasteiger partial charge in [0.15, 0.2) is 0 Å². The number of carbonyl (C=O) groups excluding carboxylic acids is 1. The standard InChI is InChI=1S/C16H30O4/c1-3-4-11-14(2)20-16(19)13-10-8-6-5-7-9-12-15(17)18/h14H,3-13H2,1-2H3,(H,17,18). The third kappa shape index (κ3) is 13.4. The van der Waals surface area contributed by atoms with E-state index in [9.17, 15) is 9.59 Å². The van der Waals surface area contributed by atoms with E-state index in [0.29, 0.717) is 6.42 Å². The highest BCUT2D eigenvalue weighted by molar-refractivity contribution is 5.69. The molecule has 0 rings (SSSR count). The lowest BCUT2D eigenvalue weighted by Crippen LogP contribution is -2.14. The first-order chi connectivity index (χ1) is 9.56. The van der Waals surface area contributed by atoms with Crippen molar-refractivity contribution in [1.82, 2.24) is 0 Å². The summed E-state index contributed by atoms with van der Waals surface area (Å²) in [6.07, 6.45) is 9.72. The Morgan fingerprint density at radius 2 is 1.50 bits per heavy atom. The first-order valence-electron chi connectivity index (χ1n) is 7.97. The molecule has 0 aliphatic carbocycles. The number of hydrogen-bond donors (Lipinski definition) is 1. The maximum absolute atomic E-state index is 11.5. The second-order valence-corrected chi connectivity index (χ2v) is 5.46. The normalized spacial score (nSPS) is 12.1. The van der Waals surface area contributed by atoms with Gasteiger partial charge in [-0.3, -0.25) is 9.59 Å². The number of aliphatic carboxylic acids is 1. The molecule has 4 heteroatoms. The van der Waals surface area contributed by atoms with E-state index in [1.54, 1.807) is 0 Å². The fourth-order valence-electron chi connectivity index (χ4n) is 2.09. The van der Waals surface area contributed by atoms with Crippen molar-refractivity contribution in [3.63, 3.8) is 0 Å². The number of rotatable bonds is 13. The monoisotopic (exact) mass is 286 g/mol. The van der Waals surface area contributed by atoms with Crippen LogP contribution in [0.4, 0.5) is 0 Å². The fraction of sp³-hybridized carbons (Fsp3) is 0.875. The molecule has 0 aromatic rings. The van der Waals surface area contributed by atoms with Crippen LogP contribution in [-0.4, -0.2) is 23.1 Å². The number of esters is 1. The van der Waals surface area contributed by atoms with Crippen molar-refractivity contribution in [1.29, 1.82) is 0 Å². The Bertz CT molecular complexity index is 263. The molecule has 1 unspecified atom stereocenters. The van der Waals surface area contributed by atoms with Gasteiger partial charge in [0.2, 0.25) is 0 Å². The molecule has 0 radical (unpaired) electrons. The van der Waals surface area contributed by atoms with Gasteiger partial charge in [0.05, 0.1) is 6.10 Å². The third-order valence-corrected chi connectivity index (χ3v) is 3.32. The van der Waals surface area contributed by atoms with Gasteiger partial charge >= 0.3 is 11.9 Å². The van der Waals surface area contributed by atoms with Crippen molar-refractivity contribution >= 4 is 11.9 Å². The van der Waals surface area contributed by atoms with E-state index in [1.165, 1.54) is 0 Å². The molecule has 0 aromatic heterocycles. The molecular formula is C16H30O4. The number of unbranched alkanes of at least 4 members (excludes halogenated alkanes) is 6. The Balaban J connectivity index is 3.33. The molecule has 0 heterocycles. The Morgan fingerprint density at radius 1 is 0.950 bits per heavy atom. The number of ether oxygens (including phenoxy) is 1. The maximum atomic E-state index is 11.5. The van der Waals surface area contributed by atoms with Crippen molar-refractivity contribution in [2.75, 3.05) is 0 Å². The van der Waals surface area contributed by atoms with E-state index in [1.807, 2.05) is 6.92 Å². The van der Waals surface area contributed by atoms with E-state index in [2.05, 4.69) is 6.92 Å². The Kier molecular flexibility index (Phi) is 12.3. The summed E-state index contributed by atoms with van der Waals surface area (Å²) < 4.78 is 5.32. The van der Waals surface area contributed by atoms with Gasteiger partial charge in [-0.2, -0.15) is 0 Å². The van der Waals surface area contributed by atoms with Gasteiger partial charge < -0.3 is 9.84 Å². The van der Waals surface area contributed by atoms with E-state index < -0.39 is 5.97 Å². The largest absolute Gasteiger partial charge is 0.481 e. The first-order valence-corrected chi connectivity index (χ1v) is 7.97. The quantitative estimate of drug-likeness (QED) is 0.404. The van der Waals surface area contributed by atoms with E-state index in [-0.39, 0.29) is 18.5 Å². The number of carboxylic acids is 1. The van der Waals surface area contributed by atoms with Crippen molar-refractivity contribution in [2.45, 2.75) is 90.6 Å². The van der Waals surface area contributed by atoms with Crippen LogP contribution in [0.3, 0.4) is 0 Å². The van der Waals surface area contributed by atoms with Gasteiger partial charge in [-0.1, -0.05) is 45.4 Å². The lowest BCUT2D eigenvalue weighted by atomic mass is 10.1. The molecule has 4 nitrogen and oxygen atoms in total. The Labute approximate surface area is 122 Å². The topological polar surface area (TPSA) is 63.6 Å². The van der Waals surface area contributed by atoms with Crippen molar-refractivity contribution in [2.24, 2.45) is 0 Å².